The van der Waals surface area contributed by atoms with Crippen molar-refractivity contribution in [2.45, 2.75) is 26.0 Å². The van der Waals surface area contributed by atoms with Crippen molar-refractivity contribution < 1.29 is 14.3 Å². The largest absolute Gasteiger partial charge is 0.374 e. The molecule has 0 aromatic heterocycles. The number of hydrogen-bond acceptors (Lipinski definition) is 4. The van der Waals surface area contributed by atoms with Crippen LogP contribution in [0.4, 0.5) is 0 Å². The summed E-state index contributed by atoms with van der Waals surface area (Å²) in [5, 5.41) is 6.80. The molecule has 0 bridgehead atoms. The van der Waals surface area contributed by atoms with Gasteiger partial charge in [0.05, 0.1) is 29.2 Å². The summed E-state index contributed by atoms with van der Waals surface area (Å²) >= 11 is 12.1. The van der Waals surface area contributed by atoms with Crippen LogP contribution in [-0.2, 0) is 22.5 Å². The number of morpholine rings is 1. The highest BCUT2D eigenvalue weighted by molar-refractivity contribution is 6.42. The Morgan fingerprint density at radius 1 is 1.06 bits per heavy atom. The Bertz CT molecular complexity index is 905. The smallest absolute Gasteiger partial charge is 0.251 e. The molecule has 6 nitrogen and oxygen atoms in total. The van der Waals surface area contributed by atoms with Crippen LogP contribution >= 0.6 is 23.2 Å². The van der Waals surface area contributed by atoms with Crippen molar-refractivity contribution in [2.75, 3.05) is 32.8 Å². The van der Waals surface area contributed by atoms with Gasteiger partial charge in [-0.1, -0.05) is 41.4 Å². The van der Waals surface area contributed by atoms with E-state index in [-0.39, 0.29) is 24.3 Å². The van der Waals surface area contributed by atoms with Crippen LogP contribution in [0.2, 0.25) is 10.0 Å². The van der Waals surface area contributed by atoms with Crippen LogP contribution in [0, 0.1) is 0 Å². The highest BCUT2D eigenvalue weighted by Crippen LogP contribution is 2.23. The molecule has 1 unspecified atom stereocenters. The summed E-state index contributed by atoms with van der Waals surface area (Å²) in [6.45, 7) is 5.82. The van der Waals surface area contributed by atoms with Gasteiger partial charge in [-0.2, -0.15) is 0 Å². The summed E-state index contributed by atoms with van der Waals surface area (Å²) in [5.74, 6) is -0.186. The van der Waals surface area contributed by atoms with Gasteiger partial charge in [0.1, 0.15) is 0 Å². The van der Waals surface area contributed by atoms with Gasteiger partial charge >= 0.3 is 0 Å². The molecule has 8 heteroatoms. The van der Waals surface area contributed by atoms with Crippen molar-refractivity contribution >= 4 is 35.0 Å². The highest BCUT2D eigenvalue weighted by Gasteiger charge is 2.21. The molecule has 3 rings (SSSR count). The molecular formula is C23H27Cl2N3O3. The van der Waals surface area contributed by atoms with E-state index in [0.29, 0.717) is 35.3 Å². The standard InChI is InChI=1S/C23H27Cl2N3O3/c1-2-26-23(30)18-6-3-16(4-7-18)12-22(29)27-13-19-15-28(9-10-31-19)14-17-5-8-20(24)21(25)11-17/h3-8,11,19H,2,9-10,12-15H2,1H3,(H,26,30)(H,27,29). The van der Waals surface area contributed by atoms with Gasteiger partial charge < -0.3 is 15.4 Å². The van der Waals surface area contributed by atoms with E-state index in [4.69, 9.17) is 27.9 Å². The summed E-state index contributed by atoms with van der Waals surface area (Å²) in [5.41, 5.74) is 2.54. The minimum absolute atomic E-state index is 0.0689. The maximum Gasteiger partial charge on any atom is 0.251 e. The number of amides is 2. The Hall–Kier alpha value is -2.12. The number of nitrogens with zero attached hydrogens (tertiary/aromatic N) is 1. The monoisotopic (exact) mass is 463 g/mol. The average Bonchev–Trinajstić information content (AvgIpc) is 2.76. The Morgan fingerprint density at radius 3 is 2.52 bits per heavy atom. The first kappa shape index (κ1) is 23.5. The Kier molecular flexibility index (Phi) is 8.72. The highest BCUT2D eigenvalue weighted by atomic mass is 35.5. The van der Waals surface area contributed by atoms with Gasteiger partial charge in [0.25, 0.3) is 5.91 Å². The number of nitrogens with one attached hydrogen (secondary N) is 2. The van der Waals surface area contributed by atoms with Crippen LogP contribution in [0.3, 0.4) is 0 Å². The van der Waals surface area contributed by atoms with E-state index in [1.54, 1.807) is 30.3 Å². The van der Waals surface area contributed by atoms with Crippen LogP contribution < -0.4 is 10.6 Å². The van der Waals surface area contributed by atoms with Gasteiger partial charge in [0.2, 0.25) is 5.91 Å². The fraction of sp³-hybridized carbons (Fsp3) is 0.391. The van der Waals surface area contributed by atoms with Crippen molar-refractivity contribution in [3.05, 3.63) is 69.2 Å². The Balaban J connectivity index is 1.44. The SMILES string of the molecule is CCNC(=O)c1ccc(CC(=O)NCC2CN(Cc3ccc(Cl)c(Cl)c3)CCO2)cc1. The average molecular weight is 464 g/mol. The third-order valence-corrected chi connectivity index (χ3v) is 5.80. The number of hydrogen-bond donors (Lipinski definition) is 2. The van der Waals surface area contributed by atoms with E-state index in [0.717, 1.165) is 30.8 Å². The molecule has 0 aliphatic carbocycles. The fourth-order valence-corrected chi connectivity index (χ4v) is 3.78. The number of ether oxygens (including phenoxy) is 1. The normalized spacial score (nSPS) is 16.7. The number of halogens is 2. The molecule has 0 radical (unpaired) electrons. The van der Waals surface area contributed by atoms with Crippen molar-refractivity contribution in [1.82, 2.24) is 15.5 Å². The van der Waals surface area contributed by atoms with Crippen molar-refractivity contribution in [2.24, 2.45) is 0 Å². The van der Waals surface area contributed by atoms with E-state index in [1.807, 2.05) is 19.1 Å². The summed E-state index contributed by atoms with van der Waals surface area (Å²) < 4.78 is 5.81. The molecule has 1 aliphatic rings. The molecule has 0 saturated carbocycles. The maximum atomic E-state index is 12.3. The van der Waals surface area contributed by atoms with E-state index in [9.17, 15) is 9.59 Å². The number of carbonyl (C=O) groups is 2. The molecule has 1 saturated heterocycles. The van der Waals surface area contributed by atoms with Crippen LogP contribution in [0.25, 0.3) is 0 Å². The van der Waals surface area contributed by atoms with Crippen LogP contribution in [0.5, 0.6) is 0 Å². The first-order valence-electron chi connectivity index (χ1n) is 10.4. The summed E-state index contributed by atoms with van der Waals surface area (Å²) in [6.07, 6.45) is 0.190. The first-order valence-corrected chi connectivity index (χ1v) is 11.1. The second-order valence-electron chi connectivity index (χ2n) is 7.51. The molecule has 1 fully saturated rings. The van der Waals surface area contributed by atoms with E-state index in [2.05, 4.69) is 15.5 Å². The van der Waals surface area contributed by atoms with Gasteiger partial charge in [0, 0.05) is 38.3 Å². The molecular weight excluding hydrogens is 437 g/mol. The molecule has 1 aliphatic heterocycles. The quantitative estimate of drug-likeness (QED) is 0.629. The molecule has 2 aromatic carbocycles. The van der Waals surface area contributed by atoms with Gasteiger partial charge in [-0.3, -0.25) is 14.5 Å². The zero-order valence-electron chi connectivity index (χ0n) is 17.5. The molecule has 166 valence electrons. The molecule has 2 aromatic rings. The van der Waals surface area contributed by atoms with Gasteiger partial charge in [-0.25, -0.2) is 0 Å². The predicted molar refractivity (Wildman–Crippen MR) is 123 cm³/mol. The molecule has 1 atom stereocenters. The van der Waals surface area contributed by atoms with Crippen molar-refractivity contribution in [1.29, 1.82) is 0 Å². The summed E-state index contributed by atoms with van der Waals surface area (Å²) in [4.78, 5) is 26.4. The number of carbonyl (C=O) groups excluding carboxylic acids is 2. The van der Waals surface area contributed by atoms with Crippen molar-refractivity contribution in [3.8, 4) is 0 Å². The summed E-state index contributed by atoms with van der Waals surface area (Å²) in [6, 6.07) is 12.7. The molecule has 2 N–H and O–H groups in total. The minimum atomic E-state index is -0.113. The predicted octanol–water partition coefficient (Wildman–Crippen LogP) is 3.30. The van der Waals surface area contributed by atoms with E-state index >= 15 is 0 Å². The van der Waals surface area contributed by atoms with Crippen LogP contribution in [0.15, 0.2) is 42.5 Å². The molecule has 2 amide bonds. The summed E-state index contributed by atoms with van der Waals surface area (Å²) in [7, 11) is 0. The Morgan fingerprint density at radius 2 is 1.81 bits per heavy atom. The third-order valence-electron chi connectivity index (χ3n) is 5.06. The molecule has 31 heavy (non-hydrogen) atoms. The second-order valence-corrected chi connectivity index (χ2v) is 8.33. The lowest BCUT2D eigenvalue weighted by atomic mass is 10.1. The second kappa shape index (κ2) is 11.5. The van der Waals surface area contributed by atoms with Gasteiger partial charge in [-0.05, 0) is 42.3 Å². The minimum Gasteiger partial charge on any atom is -0.374 e. The number of rotatable bonds is 8. The van der Waals surface area contributed by atoms with Crippen molar-refractivity contribution in [3.63, 3.8) is 0 Å². The zero-order chi connectivity index (χ0) is 22.2. The van der Waals surface area contributed by atoms with E-state index < -0.39 is 0 Å². The van der Waals surface area contributed by atoms with Crippen LogP contribution in [-0.4, -0.2) is 55.6 Å². The van der Waals surface area contributed by atoms with Gasteiger partial charge in [-0.15, -0.1) is 0 Å². The Labute approximate surface area is 192 Å². The topological polar surface area (TPSA) is 70.7 Å². The molecule has 0 spiro atoms. The molecule has 1 heterocycles. The van der Waals surface area contributed by atoms with E-state index in [1.165, 1.54) is 0 Å². The lowest BCUT2D eigenvalue weighted by Gasteiger charge is -2.33. The van der Waals surface area contributed by atoms with Crippen LogP contribution in [0.1, 0.15) is 28.4 Å². The first-order chi connectivity index (χ1) is 14.9. The van der Waals surface area contributed by atoms with Gasteiger partial charge in [0.15, 0.2) is 0 Å². The zero-order valence-corrected chi connectivity index (χ0v) is 19.0. The maximum absolute atomic E-state index is 12.3. The lowest BCUT2D eigenvalue weighted by Crippen LogP contribution is -2.47. The third kappa shape index (κ3) is 7.21. The lowest BCUT2D eigenvalue weighted by molar-refractivity contribution is -0.121. The number of benzene rings is 2. The fourth-order valence-electron chi connectivity index (χ4n) is 3.46.